The highest BCUT2D eigenvalue weighted by Crippen LogP contribution is 2.21. The van der Waals surface area contributed by atoms with E-state index in [4.69, 9.17) is 21.7 Å². The van der Waals surface area contributed by atoms with Crippen molar-refractivity contribution in [1.29, 1.82) is 0 Å². The second-order valence-corrected chi connectivity index (χ2v) is 6.89. The highest BCUT2D eigenvalue weighted by Gasteiger charge is 2.09. The second kappa shape index (κ2) is 10.6. The van der Waals surface area contributed by atoms with Gasteiger partial charge in [-0.3, -0.25) is 25.8 Å². The molecule has 0 atom stereocenters. The van der Waals surface area contributed by atoms with Crippen molar-refractivity contribution in [3.8, 4) is 11.5 Å². The Morgan fingerprint density at radius 3 is 2.43 bits per heavy atom. The Hall–Kier alpha value is -2.66. The van der Waals surface area contributed by atoms with E-state index in [0.29, 0.717) is 17.1 Å². The summed E-state index contributed by atoms with van der Waals surface area (Å²) in [6, 6.07) is 12.3. The quantitative estimate of drug-likeness (QED) is 0.248. The van der Waals surface area contributed by atoms with Crippen LogP contribution in [0.5, 0.6) is 11.5 Å². The molecule has 0 saturated heterocycles. The molecule has 0 aromatic heterocycles. The molecule has 9 heteroatoms. The third kappa shape index (κ3) is 6.20. The Balaban J connectivity index is 1.86. The molecule has 0 aliphatic carbocycles. The van der Waals surface area contributed by atoms with Crippen LogP contribution in [0.1, 0.15) is 15.9 Å². The molecule has 0 saturated carbocycles. The minimum atomic E-state index is -0.448. The molecule has 28 heavy (non-hydrogen) atoms. The number of halogens is 1. The third-order valence-corrected chi connectivity index (χ3v) is 4.54. The number of amides is 2. The molecular formula is C19H18IN3O4S. The molecule has 0 unspecified atom stereocenters. The van der Waals surface area contributed by atoms with Gasteiger partial charge in [0.15, 0.2) is 5.11 Å². The zero-order valence-corrected chi connectivity index (χ0v) is 18.1. The van der Waals surface area contributed by atoms with Gasteiger partial charge in [-0.25, -0.2) is 0 Å². The highest BCUT2D eigenvalue weighted by molar-refractivity contribution is 14.1. The number of benzene rings is 2. The number of para-hydroxylation sites is 1. The summed E-state index contributed by atoms with van der Waals surface area (Å²) in [6.07, 6.45) is 2.92. The van der Waals surface area contributed by atoms with Crippen LogP contribution in [-0.4, -0.2) is 31.1 Å². The van der Waals surface area contributed by atoms with Gasteiger partial charge >= 0.3 is 0 Å². The first-order valence-corrected chi connectivity index (χ1v) is 9.49. The van der Waals surface area contributed by atoms with Crippen LogP contribution in [0, 0.1) is 3.57 Å². The highest BCUT2D eigenvalue weighted by atomic mass is 127. The van der Waals surface area contributed by atoms with Gasteiger partial charge in [0.25, 0.3) is 5.91 Å². The number of thiocarbonyl (C=S) groups is 1. The molecule has 0 fully saturated rings. The van der Waals surface area contributed by atoms with E-state index in [9.17, 15) is 9.59 Å². The largest absolute Gasteiger partial charge is 0.496 e. The average Bonchev–Trinajstić information content (AvgIpc) is 2.70. The fourth-order valence-corrected chi connectivity index (χ4v) is 3.03. The van der Waals surface area contributed by atoms with Crippen LogP contribution >= 0.6 is 34.8 Å². The molecule has 3 N–H and O–H groups in total. The standard InChI is InChI=1S/C19H18IN3O4S/c1-26-15-6-4-3-5-12(15)8-10-17(24)21-19(28)23-22-18(25)13-7-9-16(27-2)14(20)11-13/h3-11H,1-2H3,(H,22,25)(H2,21,23,24,28). The minimum absolute atomic E-state index is 0.0359. The van der Waals surface area contributed by atoms with Crippen LogP contribution in [0.3, 0.4) is 0 Å². The third-order valence-electron chi connectivity index (χ3n) is 3.49. The van der Waals surface area contributed by atoms with Crippen LogP contribution in [0.4, 0.5) is 0 Å². The number of hydrogen-bond acceptors (Lipinski definition) is 5. The van der Waals surface area contributed by atoms with Crippen LogP contribution in [-0.2, 0) is 4.79 Å². The number of carbonyl (C=O) groups excluding carboxylic acids is 2. The summed E-state index contributed by atoms with van der Waals surface area (Å²) < 4.78 is 11.2. The molecular weight excluding hydrogens is 493 g/mol. The SMILES string of the molecule is COc1ccc(C(=O)NNC(=S)NC(=O)C=Cc2ccccc2OC)cc1I. The summed E-state index contributed by atoms with van der Waals surface area (Å²) in [4.78, 5) is 24.1. The molecule has 2 amide bonds. The summed E-state index contributed by atoms with van der Waals surface area (Å²) >= 11 is 7.08. The van der Waals surface area contributed by atoms with E-state index in [1.165, 1.54) is 6.08 Å². The van der Waals surface area contributed by atoms with E-state index in [0.717, 1.165) is 9.13 Å². The Labute approximate surface area is 181 Å². The number of hydrazine groups is 1. The summed E-state index contributed by atoms with van der Waals surface area (Å²) in [6.45, 7) is 0. The first kappa shape index (κ1) is 21.6. The first-order valence-electron chi connectivity index (χ1n) is 8.00. The van der Waals surface area contributed by atoms with Gasteiger partial charge in [-0.15, -0.1) is 0 Å². The fourth-order valence-electron chi connectivity index (χ4n) is 2.15. The van der Waals surface area contributed by atoms with Crippen LogP contribution in [0.2, 0.25) is 0 Å². The van der Waals surface area contributed by atoms with Crippen molar-refractivity contribution in [2.24, 2.45) is 0 Å². The molecule has 146 valence electrons. The molecule has 2 aromatic rings. The van der Waals surface area contributed by atoms with Gasteiger partial charge in [-0.05, 0) is 65.2 Å². The molecule has 0 heterocycles. The van der Waals surface area contributed by atoms with Gasteiger partial charge < -0.3 is 9.47 Å². The number of ether oxygens (including phenoxy) is 2. The molecule has 7 nitrogen and oxygen atoms in total. The van der Waals surface area contributed by atoms with E-state index in [-0.39, 0.29) is 5.11 Å². The lowest BCUT2D eigenvalue weighted by Gasteiger charge is -2.11. The molecule has 2 rings (SSSR count). The van der Waals surface area contributed by atoms with Crippen molar-refractivity contribution in [3.63, 3.8) is 0 Å². The van der Waals surface area contributed by atoms with Gasteiger partial charge in [0, 0.05) is 17.2 Å². The fraction of sp³-hybridized carbons (Fsp3) is 0.105. The van der Waals surface area contributed by atoms with Crippen molar-refractivity contribution >= 4 is 57.8 Å². The van der Waals surface area contributed by atoms with E-state index < -0.39 is 11.8 Å². The number of methoxy groups -OCH3 is 2. The monoisotopic (exact) mass is 511 g/mol. The Kier molecular flexibility index (Phi) is 8.20. The number of carbonyl (C=O) groups is 2. The Bertz CT molecular complexity index is 918. The van der Waals surface area contributed by atoms with Crippen LogP contribution in [0.15, 0.2) is 48.5 Å². The number of rotatable bonds is 5. The Morgan fingerprint density at radius 1 is 1.04 bits per heavy atom. The van der Waals surface area contributed by atoms with Crippen molar-refractivity contribution in [3.05, 3.63) is 63.2 Å². The molecule has 0 radical (unpaired) electrons. The summed E-state index contributed by atoms with van der Waals surface area (Å²) in [5.41, 5.74) is 6.09. The topological polar surface area (TPSA) is 88.7 Å². The summed E-state index contributed by atoms with van der Waals surface area (Å²) in [7, 11) is 3.11. The average molecular weight is 511 g/mol. The van der Waals surface area contributed by atoms with Crippen molar-refractivity contribution in [2.75, 3.05) is 14.2 Å². The van der Waals surface area contributed by atoms with E-state index in [2.05, 4.69) is 38.8 Å². The predicted octanol–water partition coefficient (Wildman–Crippen LogP) is 2.66. The first-order chi connectivity index (χ1) is 13.4. The van der Waals surface area contributed by atoms with Gasteiger partial charge in [0.1, 0.15) is 11.5 Å². The van der Waals surface area contributed by atoms with Crippen molar-refractivity contribution in [1.82, 2.24) is 16.2 Å². The molecule has 0 bridgehead atoms. The Morgan fingerprint density at radius 2 is 1.75 bits per heavy atom. The summed E-state index contributed by atoms with van der Waals surface area (Å²) in [5, 5.41) is 2.41. The number of hydrogen-bond donors (Lipinski definition) is 3. The van der Waals surface area contributed by atoms with E-state index in [1.807, 2.05) is 18.2 Å². The molecule has 0 aliphatic heterocycles. The maximum atomic E-state index is 12.2. The van der Waals surface area contributed by atoms with Crippen LogP contribution in [0.25, 0.3) is 6.08 Å². The van der Waals surface area contributed by atoms with Gasteiger partial charge in [-0.2, -0.15) is 0 Å². The maximum absolute atomic E-state index is 12.2. The zero-order valence-electron chi connectivity index (χ0n) is 15.1. The molecule has 2 aromatic carbocycles. The zero-order chi connectivity index (χ0) is 20.5. The maximum Gasteiger partial charge on any atom is 0.269 e. The predicted molar refractivity (Wildman–Crippen MR) is 119 cm³/mol. The number of nitrogens with one attached hydrogen (secondary N) is 3. The van der Waals surface area contributed by atoms with Crippen LogP contribution < -0.4 is 25.6 Å². The second-order valence-electron chi connectivity index (χ2n) is 5.32. The molecule has 0 aliphatic rings. The van der Waals surface area contributed by atoms with E-state index in [1.54, 1.807) is 44.6 Å². The van der Waals surface area contributed by atoms with E-state index >= 15 is 0 Å². The van der Waals surface area contributed by atoms with Crippen molar-refractivity contribution < 1.29 is 19.1 Å². The minimum Gasteiger partial charge on any atom is -0.496 e. The van der Waals surface area contributed by atoms with Gasteiger partial charge in [0.05, 0.1) is 17.8 Å². The lowest BCUT2D eigenvalue weighted by atomic mass is 10.2. The normalized spacial score (nSPS) is 10.2. The van der Waals surface area contributed by atoms with Gasteiger partial charge in [0.2, 0.25) is 5.91 Å². The lowest BCUT2D eigenvalue weighted by molar-refractivity contribution is -0.115. The smallest absolute Gasteiger partial charge is 0.269 e. The van der Waals surface area contributed by atoms with Crippen molar-refractivity contribution in [2.45, 2.75) is 0 Å². The molecule has 0 spiro atoms. The summed E-state index contributed by atoms with van der Waals surface area (Å²) in [5.74, 6) is 0.474. The lowest BCUT2D eigenvalue weighted by Crippen LogP contribution is -2.48. The van der Waals surface area contributed by atoms with Gasteiger partial charge in [-0.1, -0.05) is 18.2 Å².